The summed E-state index contributed by atoms with van der Waals surface area (Å²) in [6.45, 7) is 0. The molecular formula is C13H13BrClNO2. The van der Waals surface area contributed by atoms with Crippen LogP contribution in [0.3, 0.4) is 0 Å². The van der Waals surface area contributed by atoms with E-state index in [4.69, 9.17) is 20.8 Å². The highest BCUT2D eigenvalue weighted by atomic mass is 79.9. The summed E-state index contributed by atoms with van der Waals surface area (Å²) < 4.78 is 11.8. The van der Waals surface area contributed by atoms with Crippen molar-refractivity contribution in [3.63, 3.8) is 0 Å². The lowest BCUT2D eigenvalue weighted by molar-refractivity contribution is 0.396. The van der Waals surface area contributed by atoms with Crippen LogP contribution in [-0.2, 0) is 0 Å². The van der Waals surface area contributed by atoms with Crippen molar-refractivity contribution in [2.24, 2.45) is 0 Å². The van der Waals surface area contributed by atoms with E-state index in [9.17, 15) is 0 Å². The summed E-state index contributed by atoms with van der Waals surface area (Å²) in [6, 6.07) is 7.25. The Kier molecular flexibility index (Phi) is 4.32. The Balaban J connectivity index is 2.51. The van der Waals surface area contributed by atoms with Crippen LogP contribution < -0.4 is 10.1 Å². The second kappa shape index (κ2) is 5.78. The van der Waals surface area contributed by atoms with Crippen LogP contribution in [0.4, 0.5) is 0 Å². The van der Waals surface area contributed by atoms with Gasteiger partial charge in [0.1, 0.15) is 11.5 Å². The van der Waals surface area contributed by atoms with Crippen LogP contribution in [0.25, 0.3) is 0 Å². The van der Waals surface area contributed by atoms with Gasteiger partial charge in [0.25, 0.3) is 0 Å². The molecule has 1 N–H and O–H groups in total. The molecule has 2 aromatic rings. The Labute approximate surface area is 119 Å². The summed E-state index contributed by atoms with van der Waals surface area (Å²) in [5, 5.41) is 3.86. The number of hydrogen-bond donors (Lipinski definition) is 1. The Morgan fingerprint density at radius 3 is 2.72 bits per heavy atom. The molecule has 0 amide bonds. The average molecular weight is 331 g/mol. The first kappa shape index (κ1) is 13.5. The highest BCUT2D eigenvalue weighted by Gasteiger charge is 2.22. The normalized spacial score (nSPS) is 12.4. The van der Waals surface area contributed by atoms with Crippen molar-refractivity contribution in [2.45, 2.75) is 6.04 Å². The molecule has 0 aliphatic heterocycles. The molecule has 1 unspecified atom stereocenters. The largest absolute Gasteiger partial charge is 0.496 e. The minimum atomic E-state index is -0.122. The van der Waals surface area contributed by atoms with Gasteiger partial charge in [-0.25, -0.2) is 0 Å². The van der Waals surface area contributed by atoms with E-state index >= 15 is 0 Å². The van der Waals surface area contributed by atoms with Gasteiger partial charge in [0.15, 0.2) is 0 Å². The molecule has 3 nitrogen and oxygen atoms in total. The molecule has 0 spiro atoms. The van der Waals surface area contributed by atoms with Gasteiger partial charge < -0.3 is 14.5 Å². The fourth-order valence-electron chi connectivity index (χ4n) is 1.87. The summed E-state index contributed by atoms with van der Waals surface area (Å²) in [4.78, 5) is 0. The molecule has 0 aliphatic carbocycles. The molecule has 1 heterocycles. The molecule has 2 rings (SSSR count). The van der Waals surface area contributed by atoms with E-state index in [1.807, 2.05) is 25.2 Å². The maximum absolute atomic E-state index is 6.05. The first-order valence-corrected chi connectivity index (χ1v) is 6.58. The van der Waals surface area contributed by atoms with E-state index in [1.54, 1.807) is 19.4 Å². The minimum absolute atomic E-state index is 0.122. The zero-order valence-electron chi connectivity index (χ0n) is 10.0. The van der Waals surface area contributed by atoms with Crippen molar-refractivity contribution in [2.75, 3.05) is 14.2 Å². The second-order valence-electron chi connectivity index (χ2n) is 3.74. The third kappa shape index (κ3) is 2.55. The molecule has 5 heteroatoms. The number of hydrogen-bond acceptors (Lipinski definition) is 3. The van der Waals surface area contributed by atoms with Gasteiger partial charge in [0, 0.05) is 10.6 Å². The standard InChI is InChI=1S/C13H13BrClNO2/c1-16-12(13-10(14)5-6-18-13)9-7-8(15)3-4-11(9)17-2/h3-7,12,16H,1-2H3. The number of halogens is 2. The van der Waals surface area contributed by atoms with Crippen molar-refractivity contribution in [1.29, 1.82) is 0 Å². The van der Waals surface area contributed by atoms with Crippen LogP contribution in [0.5, 0.6) is 5.75 Å². The van der Waals surface area contributed by atoms with Crippen molar-refractivity contribution >= 4 is 27.5 Å². The highest BCUT2D eigenvalue weighted by molar-refractivity contribution is 9.10. The monoisotopic (exact) mass is 329 g/mol. The summed E-state index contributed by atoms with van der Waals surface area (Å²) in [6.07, 6.45) is 1.64. The SMILES string of the molecule is CNC(c1cc(Cl)ccc1OC)c1occc1Br. The van der Waals surface area contributed by atoms with Gasteiger partial charge in [-0.1, -0.05) is 11.6 Å². The predicted octanol–water partition coefficient (Wildman–Crippen LogP) is 4.01. The predicted molar refractivity (Wildman–Crippen MR) is 75.3 cm³/mol. The quantitative estimate of drug-likeness (QED) is 0.919. The minimum Gasteiger partial charge on any atom is -0.496 e. The molecule has 1 atom stereocenters. The molecule has 18 heavy (non-hydrogen) atoms. The van der Waals surface area contributed by atoms with E-state index in [0.717, 1.165) is 21.5 Å². The zero-order chi connectivity index (χ0) is 13.1. The van der Waals surface area contributed by atoms with Gasteiger partial charge in [0.05, 0.1) is 23.9 Å². The number of rotatable bonds is 4. The molecular weight excluding hydrogens is 318 g/mol. The summed E-state index contributed by atoms with van der Waals surface area (Å²) in [5.41, 5.74) is 0.933. The number of benzene rings is 1. The molecule has 0 radical (unpaired) electrons. The maximum atomic E-state index is 6.05. The summed E-state index contributed by atoms with van der Waals surface area (Å²) in [7, 11) is 3.50. The lowest BCUT2D eigenvalue weighted by atomic mass is 10.0. The topological polar surface area (TPSA) is 34.4 Å². The maximum Gasteiger partial charge on any atom is 0.139 e. The van der Waals surface area contributed by atoms with Gasteiger partial charge >= 0.3 is 0 Å². The van der Waals surface area contributed by atoms with Gasteiger partial charge in [-0.15, -0.1) is 0 Å². The zero-order valence-corrected chi connectivity index (χ0v) is 12.4. The van der Waals surface area contributed by atoms with Crippen LogP contribution >= 0.6 is 27.5 Å². The van der Waals surface area contributed by atoms with Gasteiger partial charge in [-0.3, -0.25) is 0 Å². The summed E-state index contributed by atoms with van der Waals surface area (Å²) in [5.74, 6) is 1.56. The second-order valence-corrected chi connectivity index (χ2v) is 5.03. The Bertz CT molecular complexity index is 542. The van der Waals surface area contributed by atoms with Crippen LogP contribution in [0, 0.1) is 0 Å². The molecule has 1 aromatic heterocycles. The smallest absolute Gasteiger partial charge is 0.139 e. The van der Waals surface area contributed by atoms with E-state index in [-0.39, 0.29) is 6.04 Å². The van der Waals surface area contributed by atoms with Crippen LogP contribution in [0.2, 0.25) is 5.02 Å². The van der Waals surface area contributed by atoms with Gasteiger partial charge in [-0.05, 0) is 47.2 Å². The number of furan rings is 1. The highest BCUT2D eigenvalue weighted by Crippen LogP contribution is 2.35. The molecule has 0 bridgehead atoms. The fraction of sp³-hybridized carbons (Fsp3) is 0.231. The number of nitrogens with one attached hydrogen (secondary N) is 1. The van der Waals surface area contributed by atoms with E-state index in [2.05, 4.69) is 21.2 Å². The molecule has 0 aliphatic rings. The molecule has 1 aromatic carbocycles. The first-order chi connectivity index (χ1) is 8.67. The van der Waals surface area contributed by atoms with Crippen molar-refractivity contribution in [3.05, 3.63) is 51.3 Å². The van der Waals surface area contributed by atoms with Crippen LogP contribution in [0.1, 0.15) is 17.4 Å². The number of methoxy groups -OCH3 is 1. The molecule has 96 valence electrons. The Hall–Kier alpha value is -0.970. The third-order valence-electron chi connectivity index (χ3n) is 2.70. The van der Waals surface area contributed by atoms with Crippen molar-refractivity contribution in [3.8, 4) is 5.75 Å². The van der Waals surface area contributed by atoms with Crippen molar-refractivity contribution in [1.82, 2.24) is 5.32 Å². The van der Waals surface area contributed by atoms with E-state index < -0.39 is 0 Å². The molecule has 0 saturated carbocycles. The lowest BCUT2D eigenvalue weighted by Gasteiger charge is -2.18. The van der Waals surface area contributed by atoms with Crippen LogP contribution in [-0.4, -0.2) is 14.2 Å². The lowest BCUT2D eigenvalue weighted by Crippen LogP contribution is -2.18. The molecule has 0 saturated heterocycles. The fourth-order valence-corrected chi connectivity index (χ4v) is 2.48. The summed E-state index contributed by atoms with van der Waals surface area (Å²) >= 11 is 9.51. The van der Waals surface area contributed by atoms with E-state index in [1.165, 1.54) is 0 Å². The van der Waals surface area contributed by atoms with Gasteiger partial charge in [-0.2, -0.15) is 0 Å². The van der Waals surface area contributed by atoms with Crippen molar-refractivity contribution < 1.29 is 9.15 Å². The van der Waals surface area contributed by atoms with Gasteiger partial charge in [0.2, 0.25) is 0 Å². The Morgan fingerprint density at radius 1 is 1.39 bits per heavy atom. The average Bonchev–Trinajstić information content (AvgIpc) is 2.77. The number of ether oxygens (including phenoxy) is 1. The third-order valence-corrected chi connectivity index (χ3v) is 3.59. The van der Waals surface area contributed by atoms with Crippen LogP contribution in [0.15, 0.2) is 39.4 Å². The van der Waals surface area contributed by atoms with E-state index in [0.29, 0.717) is 5.02 Å². The molecule has 0 fully saturated rings. The first-order valence-electron chi connectivity index (χ1n) is 5.41. The Morgan fingerprint density at radius 2 is 2.17 bits per heavy atom.